The van der Waals surface area contributed by atoms with E-state index in [0.717, 1.165) is 0 Å². The van der Waals surface area contributed by atoms with Gasteiger partial charge in [0.1, 0.15) is 0 Å². The predicted molar refractivity (Wildman–Crippen MR) is 196 cm³/mol. The number of allylic oxidation sites excluding steroid dienone is 4. The van der Waals surface area contributed by atoms with Crippen LogP contribution in [0.15, 0.2) is 84.9 Å². The van der Waals surface area contributed by atoms with Crippen LogP contribution in [0.25, 0.3) is 33.4 Å². The van der Waals surface area contributed by atoms with Crippen LogP contribution < -0.4 is 9.80 Å². The van der Waals surface area contributed by atoms with Gasteiger partial charge in [0, 0.05) is 45.0 Å². The first-order valence-electron chi connectivity index (χ1n) is 17.1. The second-order valence-electron chi connectivity index (χ2n) is 13.9. The van der Waals surface area contributed by atoms with Gasteiger partial charge in [0.25, 0.3) is 0 Å². The maximum Gasteiger partial charge on any atom is 0.0361 e. The molecule has 3 aliphatic rings. The van der Waals surface area contributed by atoms with Crippen molar-refractivity contribution in [2.24, 2.45) is 0 Å². The van der Waals surface area contributed by atoms with Crippen molar-refractivity contribution in [2.75, 3.05) is 38.0 Å². The maximum atomic E-state index is 2.60. The fourth-order valence-corrected chi connectivity index (χ4v) is 8.33. The zero-order valence-electron chi connectivity index (χ0n) is 28.1. The molecule has 0 unspecified atom stereocenters. The smallest absolute Gasteiger partial charge is 0.0361 e. The SMILES string of the molecule is CCCC1(CCC)c2cc(C3=C(c4ccc(N(C)C)cc4)CC3)ccc2-c2ccc(C3=C(c4ccc(N(C)C)cc4)CC3)cc21. The lowest BCUT2D eigenvalue weighted by Crippen LogP contribution is -2.25. The summed E-state index contributed by atoms with van der Waals surface area (Å²) in [5.41, 5.74) is 20.4. The zero-order chi connectivity index (χ0) is 31.3. The van der Waals surface area contributed by atoms with Crippen LogP contribution >= 0.6 is 0 Å². The minimum atomic E-state index is 0.0792. The Labute approximate surface area is 271 Å². The number of hydrogen-bond donors (Lipinski definition) is 0. The van der Waals surface area contributed by atoms with E-state index in [9.17, 15) is 0 Å². The molecule has 4 aromatic rings. The van der Waals surface area contributed by atoms with Crippen LogP contribution in [-0.4, -0.2) is 28.2 Å². The Morgan fingerprint density at radius 1 is 0.467 bits per heavy atom. The van der Waals surface area contributed by atoms with Gasteiger partial charge in [0.05, 0.1) is 0 Å². The van der Waals surface area contributed by atoms with Crippen LogP contribution in [0.4, 0.5) is 11.4 Å². The Bertz CT molecular complexity index is 1660. The molecule has 0 aliphatic heterocycles. The van der Waals surface area contributed by atoms with E-state index in [1.807, 2.05) is 0 Å². The van der Waals surface area contributed by atoms with E-state index in [1.54, 1.807) is 22.3 Å². The second kappa shape index (κ2) is 11.7. The Morgan fingerprint density at radius 3 is 1.11 bits per heavy atom. The molecule has 7 rings (SSSR count). The average Bonchev–Trinajstić information content (AvgIpc) is 3.25. The summed E-state index contributed by atoms with van der Waals surface area (Å²) in [5, 5.41) is 0. The van der Waals surface area contributed by atoms with E-state index in [0.29, 0.717) is 0 Å². The quantitative estimate of drug-likeness (QED) is 0.181. The number of benzene rings is 4. The summed E-state index contributed by atoms with van der Waals surface area (Å²) in [6.45, 7) is 4.74. The molecular formula is C43H48N2. The van der Waals surface area contributed by atoms with Crippen LogP contribution in [-0.2, 0) is 5.41 Å². The molecule has 0 spiro atoms. The van der Waals surface area contributed by atoms with Gasteiger partial charge < -0.3 is 9.80 Å². The summed E-state index contributed by atoms with van der Waals surface area (Å²) in [4.78, 5) is 4.35. The Morgan fingerprint density at radius 2 is 0.800 bits per heavy atom. The molecule has 2 nitrogen and oxygen atoms in total. The van der Waals surface area contributed by atoms with Gasteiger partial charge in [-0.2, -0.15) is 0 Å². The second-order valence-corrected chi connectivity index (χ2v) is 13.9. The zero-order valence-corrected chi connectivity index (χ0v) is 28.1. The molecule has 4 aromatic carbocycles. The van der Waals surface area contributed by atoms with Gasteiger partial charge in [-0.25, -0.2) is 0 Å². The van der Waals surface area contributed by atoms with Crippen LogP contribution in [0.3, 0.4) is 0 Å². The highest BCUT2D eigenvalue weighted by Gasteiger charge is 2.42. The van der Waals surface area contributed by atoms with Gasteiger partial charge in [0.15, 0.2) is 0 Å². The molecular weight excluding hydrogens is 544 g/mol. The third kappa shape index (κ3) is 4.94. The van der Waals surface area contributed by atoms with Crippen molar-refractivity contribution in [3.05, 3.63) is 118 Å². The first kappa shape index (κ1) is 29.7. The standard InChI is InChI=1S/C43H48N2/c1-7-25-43(26-8-2)41-27-31(37-23-21-35(37)29-9-15-33(16-10-29)44(3)4)13-19-39(41)40-20-14-32(28-42(40)43)38-24-22-36(38)30-11-17-34(18-12-30)45(5)6/h9-20,27-28H,7-8,21-26H2,1-6H3. The molecule has 0 atom stereocenters. The molecule has 45 heavy (non-hydrogen) atoms. The Balaban J connectivity index is 1.29. The predicted octanol–water partition coefficient (Wildman–Crippen LogP) is 11.1. The maximum absolute atomic E-state index is 2.60. The number of hydrogen-bond acceptors (Lipinski definition) is 2. The lowest BCUT2D eigenvalue weighted by molar-refractivity contribution is 0.435. The van der Waals surface area contributed by atoms with Gasteiger partial charge in [-0.05, 0) is 142 Å². The van der Waals surface area contributed by atoms with E-state index in [-0.39, 0.29) is 5.41 Å². The van der Waals surface area contributed by atoms with Crippen LogP contribution in [0, 0.1) is 0 Å². The van der Waals surface area contributed by atoms with E-state index in [2.05, 4.69) is 137 Å². The molecule has 0 aromatic heterocycles. The van der Waals surface area contributed by atoms with Crippen molar-refractivity contribution in [1.29, 1.82) is 0 Å². The van der Waals surface area contributed by atoms with E-state index < -0.39 is 0 Å². The molecule has 0 bridgehead atoms. The first-order chi connectivity index (χ1) is 21.8. The van der Waals surface area contributed by atoms with Gasteiger partial charge >= 0.3 is 0 Å². The fourth-order valence-electron chi connectivity index (χ4n) is 8.33. The normalized spacial score (nSPS) is 16.2. The van der Waals surface area contributed by atoms with Gasteiger partial charge in [-0.1, -0.05) is 75.2 Å². The van der Waals surface area contributed by atoms with Crippen molar-refractivity contribution < 1.29 is 0 Å². The molecule has 0 heterocycles. The minimum Gasteiger partial charge on any atom is -0.378 e. The highest BCUT2D eigenvalue weighted by molar-refractivity contribution is 5.99. The number of rotatable bonds is 10. The monoisotopic (exact) mass is 592 g/mol. The summed E-state index contributed by atoms with van der Waals surface area (Å²) in [6.07, 6.45) is 9.44. The minimum absolute atomic E-state index is 0.0792. The lowest BCUT2D eigenvalue weighted by Gasteiger charge is -2.34. The summed E-state index contributed by atoms with van der Waals surface area (Å²) in [7, 11) is 8.44. The van der Waals surface area contributed by atoms with Gasteiger partial charge in [0.2, 0.25) is 0 Å². The summed E-state index contributed by atoms with van der Waals surface area (Å²) in [5.74, 6) is 0. The van der Waals surface area contributed by atoms with Crippen molar-refractivity contribution in [2.45, 2.75) is 70.6 Å². The first-order valence-corrected chi connectivity index (χ1v) is 17.1. The topological polar surface area (TPSA) is 6.48 Å². The van der Waals surface area contributed by atoms with E-state index >= 15 is 0 Å². The summed E-state index contributed by atoms with van der Waals surface area (Å²) < 4.78 is 0. The third-order valence-electron chi connectivity index (χ3n) is 10.9. The third-order valence-corrected chi connectivity index (χ3v) is 10.9. The molecule has 230 valence electrons. The van der Waals surface area contributed by atoms with Crippen molar-refractivity contribution in [3.8, 4) is 11.1 Å². The number of fused-ring (bicyclic) bond motifs is 3. The van der Waals surface area contributed by atoms with Crippen LogP contribution in [0.2, 0.25) is 0 Å². The van der Waals surface area contributed by atoms with Gasteiger partial charge in [-0.3, -0.25) is 0 Å². The molecule has 0 fully saturated rings. The van der Waals surface area contributed by atoms with Crippen molar-refractivity contribution in [1.82, 2.24) is 0 Å². The van der Waals surface area contributed by atoms with Gasteiger partial charge in [-0.15, -0.1) is 0 Å². The fraction of sp³-hybridized carbons (Fsp3) is 0.349. The largest absolute Gasteiger partial charge is 0.378 e. The highest BCUT2D eigenvalue weighted by atomic mass is 15.1. The van der Waals surface area contributed by atoms with Crippen molar-refractivity contribution >= 4 is 33.7 Å². The summed E-state index contributed by atoms with van der Waals surface area (Å²) in [6, 6.07) is 33.2. The average molecular weight is 593 g/mol. The number of anilines is 2. The molecule has 0 radical (unpaired) electrons. The Hall–Kier alpha value is -4.04. The van der Waals surface area contributed by atoms with Crippen LogP contribution in [0.5, 0.6) is 0 Å². The highest BCUT2D eigenvalue weighted by Crippen LogP contribution is 2.56. The number of nitrogens with zero attached hydrogens (tertiary/aromatic N) is 2. The molecule has 0 amide bonds. The molecule has 0 N–H and O–H groups in total. The molecule has 0 saturated heterocycles. The molecule has 0 saturated carbocycles. The molecule has 2 heteroatoms. The lowest BCUT2D eigenvalue weighted by atomic mass is 9.69. The summed E-state index contributed by atoms with van der Waals surface area (Å²) >= 11 is 0. The molecule has 3 aliphatic carbocycles. The Kier molecular flexibility index (Phi) is 7.72. The van der Waals surface area contributed by atoms with E-state index in [4.69, 9.17) is 0 Å². The van der Waals surface area contributed by atoms with E-state index in [1.165, 1.54) is 107 Å². The van der Waals surface area contributed by atoms with Crippen molar-refractivity contribution in [3.63, 3.8) is 0 Å². The van der Waals surface area contributed by atoms with Crippen LogP contribution in [0.1, 0.15) is 98.6 Å².